The van der Waals surface area contributed by atoms with Gasteiger partial charge in [-0.1, -0.05) is 6.92 Å². The molecule has 0 bridgehead atoms. The van der Waals surface area contributed by atoms with E-state index >= 15 is 0 Å². The van der Waals surface area contributed by atoms with Gasteiger partial charge in [0.1, 0.15) is 0 Å². The highest BCUT2D eigenvalue weighted by Gasteiger charge is 1.59. The van der Waals surface area contributed by atoms with Crippen LogP contribution in [0, 0.1) is 0 Å². The molecule has 0 heterocycles. The second-order valence-electron chi connectivity index (χ2n) is 1.01. The molecule has 0 rings (SSSR count). The molecule has 0 aliphatic heterocycles. The average molecular weight is 125 g/mol. The first-order valence-electron chi connectivity index (χ1n) is 2.50. The molecule has 0 aromatic heterocycles. The van der Waals surface area contributed by atoms with E-state index in [1.165, 1.54) is 0 Å². The smallest absolute Gasteiger partial charge is 0.0402 e. The van der Waals surface area contributed by atoms with Crippen LogP contribution >= 0.6 is 11.6 Å². The van der Waals surface area contributed by atoms with E-state index in [0.717, 1.165) is 12.3 Å². The summed E-state index contributed by atoms with van der Waals surface area (Å²) in [6.07, 6.45) is 1.08. The summed E-state index contributed by atoms with van der Waals surface area (Å²) in [5, 5.41) is 7.57. The Labute approximate surface area is 50.3 Å². The van der Waals surface area contributed by atoms with Gasteiger partial charge in [0.05, 0.1) is 0 Å². The number of aliphatic hydroxyl groups is 1. The van der Waals surface area contributed by atoms with E-state index in [9.17, 15) is 0 Å². The van der Waals surface area contributed by atoms with Gasteiger partial charge in [0.15, 0.2) is 0 Å². The number of aliphatic hydroxyl groups excluding tert-OH is 1. The zero-order valence-corrected chi connectivity index (χ0v) is 5.70. The Morgan fingerprint density at radius 3 is 1.57 bits per heavy atom. The van der Waals surface area contributed by atoms with Crippen molar-refractivity contribution < 1.29 is 5.11 Å². The standard InChI is InChI=1S/C3H7Cl.C2H6O/c1-2-3-4;1-2-3/h2-3H2,1H3;3H,2H2,1H3. The molecular formula is C5H13ClO. The molecule has 1 nitrogen and oxygen atoms in total. The molecule has 0 saturated carbocycles. The van der Waals surface area contributed by atoms with Crippen molar-refractivity contribution >= 4 is 11.6 Å². The molecule has 0 saturated heterocycles. The summed E-state index contributed by atoms with van der Waals surface area (Å²) < 4.78 is 0. The summed E-state index contributed by atoms with van der Waals surface area (Å²) in [4.78, 5) is 0. The van der Waals surface area contributed by atoms with Crippen LogP contribution in [-0.4, -0.2) is 17.6 Å². The van der Waals surface area contributed by atoms with E-state index in [2.05, 4.69) is 0 Å². The van der Waals surface area contributed by atoms with Crippen molar-refractivity contribution in [2.45, 2.75) is 20.3 Å². The number of rotatable bonds is 1. The van der Waals surface area contributed by atoms with Crippen molar-refractivity contribution in [1.29, 1.82) is 0 Å². The Morgan fingerprint density at radius 1 is 1.43 bits per heavy atom. The fourth-order valence-electron chi connectivity index (χ4n) is 0. The highest BCUT2D eigenvalue weighted by atomic mass is 35.5. The van der Waals surface area contributed by atoms with Crippen molar-refractivity contribution in [2.75, 3.05) is 12.5 Å². The Bertz CT molecular complexity index is 15.6. The molecule has 0 aliphatic rings. The zero-order valence-electron chi connectivity index (χ0n) is 4.95. The van der Waals surface area contributed by atoms with Crippen molar-refractivity contribution in [3.63, 3.8) is 0 Å². The van der Waals surface area contributed by atoms with Crippen LogP contribution in [0.25, 0.3) is 0 Å². The van der Waals surface area contributed by atoms with Crippen LogP contribution in [0.4, 0.5) is 0 Å². The van der Waals surface area contributed by atoms with Crippen molar-refractivity contribution in [1.82, 2.24) is 0 Å². The molecule has 1 N–H and O–H groups in total. The first kappa shape index (κ1) is 10.3. The van der Waals surface area contributed by atoms with Gasteiger partial charge in [0.25, 0.3) is 0 Å². The second-order valence-corrected chi connectivity index (χ2v) is 1.38. The van der Waals surface area contributed by atoms with Crippen molar-refractivity contribution in [3.05, 3.63) is 0 Å². The molecule has 7 heavy (non-hydrogen) atoms. The van der Waals surface area contributed by atoms with Crippen LogP contribution < -0.4 is 0 Å². The Kier molecular flexibility index (Phi) is 23.9. The molecule has 0 spiro atoms. The first-order valence-corrected chi connectivity index (χ1v) is 3.03. The van der Waals surface area contributed by atoms with Crippen LogP contribution in [-0.2, 0) is 0 Å². The van der Waals surface area contributed by atoms with Crippen LogP contribution in [0.2, 0.25) is 0 Å². The Morgan fingerprint density at radius 2 is 1.57 bits per heavy atom. The predicted octanol–water partition coefficient (Wildman–Crippen LogP) is 1.63. The first-order chi connectivity index (χ1) is 3.33. The van der Waals surface area contributed by atoms with Gasteiger partial charge in [-0.25, -0.2) is 0 Å². The topological polar surface area (TPSA) is 20.2 Å². The van der Waals surface area contributed by atoms with Gasteiger partial charge >= 0.3 is 0 Å². The minimum atomic E-state index is 0.250. The van der Waals surface area contributed by atoms with Crippen molar-refractivity contribution in [2.24, 2.45) is 0 Å². The summed E-state index contributed by atoms with van der Waals surface area (Å²) in [6, 6.07) is 0. The maximum absolute atomic E-state index is 7.57. The van der Waals surface area contributed by atoms with Crippen LogP contribution in [0.1, 0.15) is 20.3 Å². The lowest BCUT2D eigenvalue weighted by Gasteiger charge is -1.65. The molecule has 0 atom stereocenters. The number of hydrogen-bond acceptors (Lipinski definition) is 1. The van der Waals surface area contributed by atoms with E-state index < -0.39 is 0 Å². The molecule has 0 amide bonds. The van der Waals surface area contributed by atoms with Gasteiger partial charge < -0.3 is 5.11 Å². The molecule has 0 aliphatic carbocycles. The fourth-order valence-corrected chi connectivity index (χ4v) is 0. The summed E-state index contributed by atoms with van der Waals surface area (Å²) >= 11 is 5.19. The lowest BCUT2D eigenvalue weighted by Crippen LogP contribution is -1.57. The van der Waals surface area contributed by atoms with Crippen LogP contribution in [0.3, 0.4) is 0 Å². The Hall–Kier alpha value is 0.250. The van der Waals surface area contributed by atoms with Crippen LogP contribution in [0.15, 0.2) is 0 Å². The summed E-state index contributed by atoms with van der Waals surface area (Å²) in [6.45, 7) is 3.98. The lowest BCUT2D eigenvalue weighted by molar-refractivity contribution is 0.318. The second kappa shape index (κ2) is 16.3. The average Bonchev–Trinajstić information content (AvgIpc) is 1.69. The highest BCUT2D eigenvalue weighted by Crippen LogP contribution is 1.75. The Balaban J connectivity index is 0. The minimum Gasteiger partial charge on any atom is -0.397 e. The van der Waals surface area contributed by atoms with Gasteiger partial charge in [0, 0.05) is 12.5 Å². The summed E-state index contributed by atoms with van der Waals surface area (Å²) in [5.41, 5.74) is 0. The number of alkyl halides is 1. The summed E-state index contributed by atoms with van der Waals surface area (Å²) in [5.74, 6) is 0.792. The SMILES string of the molecule is CCCCl.CCO. The van der Waals surface area contributed by atoms with Gasteiger partial charge in [-0.15, -0.1) is 11.6 Å². The molecular weight excluding hydrogens is 112 g/mol. The predicted molar refractivity (Wildman–Crippen MR) is 33.8 cm³/mol. The van der Waals surface area contributed by atoms with Gasteiger partial charge in [-0.2, -0.15) is 0 Å². The maximum atomic E-state index is 7.57. The maximum Gasteiger partial charge on any atom is 0.0402 e. The van der Waals surface area contributed by atoms with Crippen molar-refractivity contribution in [3.8, 4) is 0 Å². The summed E-state index contributed by atoms with van der Waals surface area (Å²) in [7, 11) is 0. The normalized spacial score (nSPS) is 6.86. The molecule has 0 fully saturated rings. The van der Waals surface area contributed by atoms with Gasteiger partial charge in [-0.05, 0) is 13.3 Å². The van der Waals surface area contributed by atoms with Gasteiger partial charge in [0.2, 0.25) is 0 Å². The molecule has 0 radical (unpaired) electrons. The third-order valence-corrected chi connectivity index (χ3v) is 0.567. The zero-order chi connectivity index (χ0) is 6.12. The third kappa shape index (κ3) is 72.2. The minimum absolute atomic E-state index is 0.250. The third-order valence-electron chi connectivity index (χ3n) is 0.189. The quantitative estimate of drug-likeness (QED) is 0.527. The van der Waals surface area contributed by atoms with E-state index in [1.807, 2.05) is 6.92 Å². The van der Waals surface area contributed by atoms with Crippen LogP contribution in [0.5, 0.6) is 0 Å². The molecule has 0 aromatic rings. The molecule has 46 valence electrons. The number of hydrogen-bond donors (Lipinski definition) is 1. The fraction of sp³-hybridized carbons (Fsp3) is 1.00. The molecule has 0 unspecified atom stereocenters. The van der Waals surface area contributed by atoms with E-state index in [0.29, 0.717) is 0 Å². The lowest BCUT2D eigenvalue weighted by atomic mass is 10.6. The molecule has 0 aromatic carbocycles. The van der Waals surface area contributed by atoms with E-state index in [1.54, 1.807) is 6.92 Å². The number of halogens is 1. The largest absolute Gasteiger partial charge is 0.397 e. The molecule has 2 heteroatoms. The van der Waals surface area contributed by atoms with Gasteiger partial charge in [-0.3, -0.25) is 0 Å². The van der Waals surface area contributed by atoms with E-state index in [-0.39, 0.29) is 6.61 Å². The monoisotopic (exact) mass is 124 g/mol. The van der Waals surface area contributed by atoms with E-state index in [4.69, 9.17) is 16.7 Å². The highest BCUT2D eigenvalue weighted by molar-refractivity contribution is 6.17.